The molecule has 4 rings (SSSR count). The fourth-order valence-electron chi connectivity index (χ4n) is 4.17. The van der Waals surface area contributed by atoms with E-state index in [1.807, 2.05) is 19.1 Å². The topological polar surface area (TPSA) is 93.9 Å². The van der Waals surface area contributed by atoms with Crippen LogP contribution in [0.15, 0.2) is 65.5 Å². The normalized spacial score (nSPS) is 14.3. The van der Waals surface area contributed by atoms with E-state index in [-0.39, 0.29) is 22.5 Å². The Morgan fingerprint density at radius 3 is 2.58 bits per heavy atom. The van der Waals surface area contributed by atoms with Gasteiger partial charge in [-0.15, -0.1) is 0 Å². The van der Waals surface area contributed by atoms with Gasteiger partial charge in [-0.25, -0.2) is 22.5 Å². The lowest BCUT2D eigenvalue weighted by molar-refractivity contribution is -0.116. The van der Waals surface area contributed by atoms with Crippen LogP contribution in [0.4, 0.5) is 4.39 Å². The Hall–Kier alpha value is -3.59. The number of carbonyl (C=O) groups is 1. The summed E-state index contributed by atoms with van der Waals surface area (Å²) in [5, 5.41) is 7.57. The van der Waals surface area contributed by atoms with Crippen LogP contribution < -0.4 is 5.32 Å². The highest BCUT2D eigenvalue weighted by molar-refractivity contribution is 7.91. The van der Waals surface area contributed by atoms with Crippen LogP contribution in [0.25, 0.3) is 17.3 Å². The molecule has 1 aliphatic rings. The first-order valence-electron chi connectivity index (χ1n) is 12.0. The first kappa shape index (κ1) is 25.5. The fourth-order valence-corrected chi connectivity index (χ4v) is 5.00. The molecule has 36 heavy (non-hydrogen) atoms. The van der Waals surface area contributed by atoms with Gasteiger partial charge in [0.2, 0.25) is 0 Å². The molecule has 188 valence electrons. The molecule has 1 unspecified atom stereocenters. The van der Waals surface area contributed by atoms with Crippen molar-refractivity contribution in [2.75, 3.05) is 5.75 Å². The SMILES string of the molecule is CCC1=Cc2c(cnn2-c2ccc(F)cc2)C(C(=O)NC(CC)c2ccnc(S(=O)(=O)CC)c2)=CC1. The Kier molecular flexibility index (Phi) is 7.49. The van der Waals surface area contributed by atoms with Gasteiger partial charge in [-0.05, 0) is 67.3 Å². The van der Waals surface area contributed by atoms with Crippen molar-refractivity contribution in [2.45, 2.75) is 51.1 Å². The second-order valence-electron chi connectivity index (χ2n) is 8.57. The molecule has 2 heterocycles. The fraction of sp³-hybridized carbons (Fsp3) is 0.296. The molecule has 1 amide bonds. The molecular formula is C27H29FN4O3S. The Bertz CT molecular complexity index is 1440. The van der Waals surface area contributed by atoms with E-state index in [4.69, 9.17) is 0 Å². The van der Waals surface area contributed by atoms with Crippen LogP contribution >= 0.6 is 0 Å². The van der Waals surface area contributed by atoms with Crippen LogP contribution in [0.1, 0.15) is 62.9 Å². The van der Waals surface area contributed by atoms with E-state index in [2.05, 4.69) is 22.3 Å². The Balaban J connectivity index is 1.68. The highest BCUT2D eigenvalue weighted by Crippen LogP contribution is 2.31. The second-order valence-corrected chi connectivity index (χ2v) is 10.8. The lowest BCUT2D eigenvalue weighted by Gasteiger charge is -2.19. The predicted octanol–water partition coefficient (Wildman–Crippen LogP) is 5.05. The zero-order valence-corrected chi connectivity index (χ0v) is 21.3. The summed E-state index contributed by atoms with van der Waals surface area (Å²) in [6.07, 6.45) is 9.03. The lowest BCUT2D eigenvalue weighted by atomic mass is 10.0. The van der Waals surface area contributed by atoms with Gasteiger partial charge in [-0.2, -0.15) is 5.10 Å². The maximum Gasteiger partial charge on any atom is 0.252 e. The number of nitrogens with zero attached hydrogens (tertiary/aromatic N) is 3. The molecule has 0 radical (unpaired) electrons. The zero-order valence-electron chi connectivity index (χ0n) is 20.5. The summed E-state index contributed by atoms with van der Waals surface area (Å²) < 4.78 is 39.8. The van der Waals surface area contributed by atoms with Gasteiger partial charge in [0, 0.05) is 17.3 Å². The average Bonchev–Trinajstić information content (AvgIpc) is 3.20. The molecule has 0 saturated heterocycles. The van der Waals surface area contributed by atoms with Crippen molar-refractivity contribution in [3.63, 3.8) is 0 Å². The molecule has 0 saturated carbocycles. The van der Waals surface area contributed by atoms with Crippen molar-refractivity contribution < 1.29 is 17.6 Å². The Labute approximate surface area is 210 Å². The van der Waals surface area contributed by atoms with E-state index < -0.39 is 15.9 Å². The molecule has 9 heteroatoms. The highest BCUT2D eigenvalue weighted by Gasteiger charge is 2.25. The van der Waals surface area contributed by atoms with E-state index in [9.17, 15) is 17.6 Å². The standard InChI is InChI=1S/C27H29FN4O3S/c1-4-18-7-12-22(23-17-30-32(25(23)15-18)21-10-8-20(28)9-11-21)27(33)31-24(5-2)19-13-14-29-26(16-19)36(34,35)6-3/h8-17,24H,4-7H2,1-3H3,(H,31,33). The van der Waals surface area contributed by atoms with Crippen LogP contribution in [0.3, 0.4) is 0 Å². The minimum Gasteiger partial charge on any atom is -0.345 e. The molecule has 1 N–H and O–H groups in total. The summed E-state index contributed by atoms with van der Waals surface area (Å²) >= 11 is 0. The summed E-state index contributed by atoms with van der Waals surface area (Å²) in [6.45, 7) is 5.56. The number of sulfone groups is 1. The van der Waals surface area contributed by atoms with Crippen LogP contribution in [0.2, 0.25) is 0 Å². The molecule has 0 spiro atoms. The summed E-state index contributed by atoms with van der Waals surface area (Å²) in [7, 11) is -3.47. The Morgan fingerprint density at radius 2 is 1.92 bits per heavy atom. The van der Waals surface area contributed by atoms with Crippen molar-refractivity contribution >= 4 is 27.4 Å². The van der Waals surface area contributed by atoms with Gasteiger partial charge in [0.25, 0.3) is 5.91 Å². The summed E-state index contributed by atoms with van der Waals surface area (Å²) in [4.78, 5) is 17.6. The molecule has 0 bridgehead atoms. The molecule has 3 aromatic rings. The van der Waals surface area contributed by atoms with Crippen LogP contribution in [0, 0.1) is 5.82 Å². The molecule has 0 aliphatic heterocycles. The molecule has 1 aromatic carbocycles. The predicted molar refractivity (Wildman–Crippen MR) is 138 cm³/mol. The smallest absolute Gasteiger partial charge is 0.252 e. The van der Waals surface area contributed by atoms with Gasteiger partial charge >= 0.3 is 0 Å². The van der Waals surface area contributed by atoms with Gasteiger partial charge in [0.15, 0.2) is 14.9 Å². The van der Waals surface area contributed by atoms with Crippen LogP contribution in [-0.2, 0) is 14.6 Å². The maximum atomic E-state index is 13.6. The molecule has 1 atom stereocenters. The molecular weight excluding hydrogens is 479 g/mol. The number of carbonyl (C=O) groups excluding carboxylic acids is 1. The number of amides is 1. The summed E-state index contributed by atoms with van der Waals surface area (Å²) in [5.41, 5.74) is 4.44. The second kappa shape index (κ2) is 10.6. The van der Waals surface area contributed by atoms with Gasteiger partial charge in [0.05, 0.1) is 29.4 Å². The van der Waals surface area contributed by atoms with E-state index in [0.717, 1.165) is 17.7 Å². The number of pyridine rings is 1. The number of benzene rings is 1. The molecule has 1 aliphatic carbocycles. The third kappa shape index (κ3) is 5.16. The Morgan fingerprint density at radius 1 is 1.17 bits per heavy atom. The van der Waals surface area contributed by atoms with Gasteiger partial charge in [-0.1, -0.05) is 32.4 Å². The third-order valence-electron chi connectivity index (χ3n) is 6.35. The first-order valence-corrected chi connectivity index (χ1v) is 13.7. The summed E-state index contributed by atoms with van der Waals surface area (Å²) in [6, 6.07) is 8.90. The average molecular weight is 509 g/mol. The third-order valence-corrected chi connectivity index (χ3v) is 7.97. The minimum absolute atomic E-state index is 0.00327. The van der Waals surface area contributed by atoms with Gasteiger partial charge < -0.3 is 5.32 Å². The van der Waals surface area contributed by atoms with Crippen LogP contribution in [0.5, 0.6) is 0 Å². The number of allylic oxidation sites excluding steroid dienone is 2. The first-order chi connectivity index (χ1) is 17.3. The van der Waals surface area contributed by atoms with Crippen molar-refractivity contribution in [1.82, 2.24) is 20.1 Å². The number of rotatable bonds is 8. The van der Waals surface area contributed by atoms with Gasteiger partial charge in [0.1, 0.15) is 5.82 Å². The lowest BCUT2D eigenvalue weighted by Crippen LogP contribution is -2.29. The number of hydrogen-bond acceptors (Lipinski definition) is 5. The van der Waals surface area contributed by atoms with E-state index in [1.165, 1.54) is 24.4 Å². The zero-order chi connectivity index (χ0) is 25.9. The maximum absolute atomic E-state index is 13.6. The number of fused-ring (bicyclic) bond motifs is 1. The van der Waals surface area contributed by atoms with Crippen molar-refractivity contribution in [3.8, 4) is 5.69 Å². The van der Waals surface area contributed by atoms with Crippen molar-refractivity contribution in [2.24, 2.45) is 0 Å². The quantitative estimate of drug-likeness (QED) is 0.460. The number of hydrogen-bond donors (Lipinski definition) is 1. The van der Waals surface area contributed by atoms with E-state index in [0.29, 0.717) is 35.2 Å². The van der Waals surface area contributed by atoms with Crippen molar-refractivity contribution in [1.29, 1.82) is 0 Å². The molecule has 7 nitrogen and oxygen atoms in total. The monoisotopic (exact) mass is 508 g/mol. The highest BCUT2D eigenvalue weighted by atomic mass is 32.2. The largest absolute Gasteiger partial charge is 0.345 e. The molecule has 2 aromatic heterocycles. The van der Waals surface area contributed by atoms with Crippen molar-refractivity contribution in [3.05, 3.63) is 83.1 Å². The molecule has 0 fully saturated rings. The number of aromatic nitrogens is 3. The van der Waals surface area contributed by atoms with E-state index >= 15 is 0 Å². The summed E-state index contributed by atoms with van der Waals surface area (Å²) in [5.74, 6) is -0.657. The van der Waals surface area contributed by atoms with E-state index in [1.54, 1.807) is 36.0 Å². The van der Waals surface area contributed by atoms with Crippen LogP contribution in [-0.4, -0.2) is 34.8 Å². The van der Waals surface area contributed by atoms with Gasteiger partial charge in [-0.3, -0.25) is 4.79 Å². The number of nitrogens with one attached hydrogen (secondary N) is 1. The number of halogens is 1. The minimum atomic E-state index is -3.47.